The molecule has 8 heteroatoms. The maximum absolute atomic E-state index is 13.5. The highest BCUT2D eigenvalue weighted by molar-refractivity contribution is 6.19. The predicted molar refractivity (Wildman–Crippen MR) is 133 cm³/mol. The molecule has 2 unspecified atom stereocenters. The van der Waals surface area contributed by atoms with Gasteiger partial charge >= 0.3 is 6.03 Å². The zero-order valence-electron chi connectivity index (χ0n) is 19.5. The fraction of sp³-hybridized carbons (Fsp3) is 0.222. The van der Waals surface area contributed by atoms with Gasteiger partial charge in [-0.1, -0.05) is 18.2 Å². The number of carbonyl (C=O) groups excluding carboxylic acids is 3. The molecule has 8 nitrogen and oxygen atoms in total. The van der Waals surface area contributed by atoms with E-state index in [2.05, 4.69) is 5.32 Å². The number of ether oxygens (including phenoxy) is 1. The molecular formula is C27H26N4O4. The third kappa shape index (κ3) is 4.30. The largest absolute Gasteiger partial charge is 0.457 e. The molecule has 0 spiro atoms. The maximum Gasteiger partial charge on any atom is 0.329 e. The van der Waals surface area contributed by atoms with Crippen LogP contribution in [0.15, 0.2) is 78.9 Å². The van der Waals surface area contributed by atoms with Crippen molar-refractivity contribution in [2.45, 2.75) is 18.5 Å². The van der Waals surface area contributed by atoms with Crippen LogP contribution < -0.4 is 19.9 Å². The van der Waals surface area contributed by atoms with Crippen LogP contribution in [0.5, 0.6) is 11.5 Å². The highest BCUT2D eigenvalue weighted by atomic mass is 16.5. The molecule has 0 saturated carbocycles. The normalized spacial score (nSPS) is 19.3. The van der Waals surface area contributed by atoms with Gasteiger partial charge in [0.25, 0.3) is 11.8 Å². The molecule has 4 amide bonds. The Morgan fingerprint density at radius 3 is 2.23 bits per heavy atom. The first kappa shape index (κ1) is 22.5. The Kier molecular flexibility index (Phi) is 5.86. The zero-order valence-corrected chi connectivity index (χ0v) is 19.5. The maximum atomic E-state index is 13.5. The Labute approximate surface area is 203 Å². The Hall–Kier alpha value is -4.33. The van der Waals surface area contributed by atoms with E-state index in [9.17, 15) is 14.4 Å². The molecule has 178 valence electrons. The number of nitrogens with zero attached hydrogens (tertiary/aromatic N) is 3. The number of amides is 4. The number of likely N-dealkylation sites (tertiary alicyclic amines) is 1. The summed E-state index contributed by atoms with van der Waals surface area (Å²) in [5.41, 5.74) is 1.91. The van der Waals surface area contributed by atoms with Crippen molar-refractivity contribution < 1.29 is 19.1 Å². The SMILES string of the molecule is CN(C)c1ccc(C(=O)N2CCC3NC(=O)N(c4ccc(Oc5ccccc5)cc4)C(=O)C32)cc1. The van der Waals surface area contributed by atoms with E-state index in [1.807, 2.05) is 61.5 Å². The lowest BCUT2D eigenvalue weighted by Gasteiger charge is -2.37. The highest BCUT2D eigenvalue weighted by Gasteiger charge is 2.50. The van der Waals surface area contributed by atoms with Crippen LogP contribution in [0.2, 0.25) is 0 Å². The topological polar surface area (TPSA) is 82.2 Å². The first-order valence-electron chi connectivity index (χ1n) is 11.5. The summed E-state index contributed by atoms with van der Waals surface area (Å²) < 4.78 is 5.80. The molecule has 2 atom stereocenters. The van der Waals surface area contributed by atoms with Gasteiger partial charge in [-0.15, -0.1) is 0 Å². The third-order valence-electron chi connectivity index (χ3n) is 6.35. The Morgan fingerprint density at radius 1 is 0.914 bits per heavy atom. The lowest BCUT2D eigenvalue weighted by atomic mass is 10.0. The van der Waals surface area contributed by atoms with Gasteiger partial charge in [0.2, 0.25) is 0 Å². The average Bonchev–Trinajstić information content (AvgIpc) is 3.29. The second-order valence-electron chi connectivity index (χ2n) is 8.81. The number of imide groups is 1. The summed E-state index contributed by atoms with van der Waals surface area (Å²) in [5.74, 6) is 0.639. The first-order valence-corrected chi connectivity index (χ1v) is 11.5. The fourth-order valence-corrected chi connectivity index (χ4v) is 4.53. The number of carbonyl (C=O) groups is 3. The highest BCUT2D eigenvalue weighted by Crippen LogP contribution is 2.31. The van der Waals surface area contributed by atoms with Gasteiger partial charge in [-0.25, -0.2) is 9.69 Å². The summed E-state index contributed by atoms with van der Waals surface area (Å²) in [6, 6.07) is 21.7. The minimum Gasteiger partial charge on any atom is -0.457 e. The second kappa shape index (κ2) is 9.13. The monoisotopic (exact) mass is 470 g/mol. The summed E-state index contributed by atoms with van der Waals surface area (Å²) in [6.07, 6.45) is 0.529. The molecule has 5 rings (SSSR count). The molecule has 2 saturated heterocycles. The van der Waals surface area contributed by atoms with E-state index < -0.39 is 24.0 Å². The smallest absolute Gasteiger partial charge is 0.329 e. The molecule has 0 radical (unpaired) electrons. The molecule has 0 bridgehead atoms. The number of benzene rings is 3. The molecule has 0 aromatic heterocycles. The molecule has 2 fully saturated rings. The van der Waals surface area contributed by atoms with E-state index in [0.29, 0.717) is 35.7 Å². The van der Waals surface area contributed by atoms with Gasteiger partial charge < -0.3 is 19.9 Å². The number of fused-ring (bicyclic) bond motifs is 1. The van der Waals surface area contributed by atoms with Crippen LogP contribution in [0.1, 0.15) is 16.8 Å². The molecule has 3 aromatic carbocycles. The van der Waals surface area contributed by atoms with Gasteiger partial charge in [0.1, 0.15) is 17.5 Å². The standard InChI is InChI=1S/C27H26N4O4/c1-29(2)19-10-8-18(9-11-19)25(32)30-17-16-23-24(30)26(33)31(27(34)28-23)20-12-14-22(15-13-20)35-21-6-4-3-5-7-21/h3-15,23-24H,16-17H2,1-2H3,(H,28,34). The number of hydrogen-bond acceptors (Lipinski definition) is 5. The van der Waals surface area contributed by atoms with Gasteiger partial charge in [0.15, 0.2) is 0 Å². The van der Waals surface area contributed by atoms with Crippen molar-refractivity contribution in [1.82, 2.24) is 10.2 Å². The van der Waals surface area contributed by atoms with Crippen LogP contribution in [-0.4, -0.2) is 55.5 Å². The zero-order chi connectivity index (χ0) is 24.5. The molecule has 2 aliphatic rings. The number of rotatable bonds is 5. The van der Waals surface area contributed by atoms with E-state index in [4.69, 9.17) is 4.74 Å². The molecule has 35 heavy (non-hydrogen) atoms. The number of urea groups is 1. The summed E-state index contributed by atoms with van der Waals surface area (Å²) in [6.45, 7) is 0.396. The van der Waals surface area contributed by atoms with Gasteiger partial charge in [-0.3, -0.25) is 9.59 Å². The van der Waals surface area contributed by atoms with Crippen LogP contribution in [0.4, 0.5) is 16.2 Å². The Bertz CT molecular complexity index is 1240. The van der Waals surface area contributed by atoms with Crippen molar-refractivity contribution in [3.05, 3.63) is 84.4 Å². The Balaban J connectivity index is 1.35. The minimum absolute atomic E-state index is 0.223. The second-order valence-corrected chi connectivity index (χ2v) is 8.81. The number of hydrogen-bond donors (Lipinski definition) is 1. The van der Waals surface area contributed by atoms with Gasteiger partial charge in [-0.05, 0) is 67.1 Å². The molecule has 0 aliphatic carbocycles. The van der Waals surface area contributed by atoms with Crippen molar-refractivity contribution in [3.63, 3.8) is 0 Å². The van der Waals surface area contributed by atoms with Crippen molar-refractivity contribution in [3.8, 4) is 11.5 Å². The van der Waals surface area contributed by atoms with Crippen molar-refractivity contribution in [2.75, 3.05) is 30.4 Å². The lowest BCUT2D eigenvalue weighted by molar-refractivity contribution is -0.122. The molecule has 2 heterocycles. The minimum atomic E-state index is -0.756. The van der Waals surface area contributed by atoms with E-state index in [-0.39, 0.29) is 5.91 Å². The quantitative estimate of drug-likeness (QED) is 0.612. The third-order valence-corrected chi connectivity index (χ3v) is 6.35. The summed E-state index contributed by atoms with van der Waals surface area (Å²) >= 11 is 0. The Morgan fingerprint density at radius 2 is 1.57 bits per heavy atom. The summed E-state index contributed by atoms with van der Waals surface area (Å²) in [5, 5.41) is 2.91. The number of nitrogens with one attached hydrogen (secondary N) is 1. The molecule has 1 N–H and O–H groups in total. The van der Waals surface area contributed by atoms with Gasteiger partial charge in [0, 0.05) is 31.9 Å². The van der Waals surface area contributed by atoms with E-state index in [1.54, 1.807) is 41.3 Å². The van der Waals surface area contributed by atoms with E-state index >= 15 is 0 Å². The predicted octanol–water partition coefficient (Wildman–Crippen LogP) is 3.88. The molecule has 3 aromatic rings. The average molecular weight is 471 g/mol. The van der Waals surface area contributed by atoms with Crippen LogP contribution in [0, 0.1) is 0 Å². The van der Waals surface area contributed by atoms with Gasteiger partial charge in [-0.2, -0.15) is 0 Å². The van der Waals surface area contributed by atoms with Crippen LogP contribution in [0.25, 0.3) is 0 Å². The van der Waals surface area contributed by atoms with Crippen LogP contribution in [-0.2, 0) is 4.79 Å². The van der Waals surface area contributed by atoms with Crippen LogP contribution in [0.3, 0.4) is 0 Å². The van der Waals surface area contributed by atoms with Gasteiger partial charge in [0.05, 0.1) is 11.7 Å². The molecular weight excluding hydrogens is 444 g/mol. The first-order chi connectivity index (χ1) is 16.9. The lowest BCUT2D eigenvalue weighted by Crippen LogP contribution is -2.65. The van der Waals surface area contributed by atoms with E-state index in [1.165, 1.54) is 0 Å². The van der Waals surface area contributed by atoms with Crippen molar-refractivity contribution in [2.24, 2.45) is 0 Å². The molecule has 2 aliphatic heterocycles. The number of para-hydroxylation sites is 1. The van der Waals surface area contributed by atoms with E-state index in [0.717, 1.165) is 10.6 Å². The summed E-state index contributed by atoms with van der Waals surface area (Å²) in [4.78, 5) is 44.3. The summed E-state index contributed by atoms with van der Waals surface area (Å²) in [7, 11) is 3.86. The van der Waals surface area contributed by atoms with Crippen LogP contribution >= 0.6 is 0 Å². The van der Waals surface area contributed by atoms with Crippen molar-refractivity contribution >= 4 is 29.2 Å². The number of anilines is 2. The fourth-order valence-electron chi connectivity index (χ4n) is 4.53. The van der Waals surface area contributed by atoms with Crippen molar-refractivity contribution in [1.29, 1.82) is 0 Å².